The second-order valence-corrected chi connectivity index (χ2v) is 3.07. The second-order valence-electron chi connectivity index (χ2n) is 3.07. The van der Waals surface area contributed by atoms with Gasteiger partial charge in [0.1, 0.15) is 0 Å². The molecule has 0 spiro atoms. The Hall–Kier alpha value is -1.06. The first-order valence-corrected chi connectivity index (χ1v) is 3.95. The second kappa shape index (κ2) is 3.56. The van der Waals surface area contributed by atoms with Crippen molar-refractivity contribution in [1.82, 2.24) is 0 Å². The summed E-state index contributed by atoms with van der Waals surface area (Å²) in [5.74, 6) is -1.63. The lowest BCUT2D eigenvalue weighted by molar-refractivity contribution is -0.145. The number of carboxylic acid groups (broad SMARTS) is 1. The fraction of sp³-hybridized carbons (Fsp3) is 0.750. The molecule has 4 nitrogen and oxygen atoms in total. The van der Waals surface area contributed by atoms with Gasteiger partial charge in [-0.15, -0.1) is 0 Å². The number of hydrogen-bond donors (Lipinski definition) is 1. The van der Waals surface area contributed by atoms with E-state index >= 15 is 0 Å². The first-order valence-electron chi connectivity index (χ1n) is 3.95. The van der Waals surface area contributed by atoms with Crippen LogP contribution in [0.4, 0.5) is 0 Å². The summed E-state index contributed by atoms with van der Waals surface area (Å²) < 4.78 is 4.53. The average Bonchev–Trinajstić information content (AvgIpc) is 2.51. The Kier molecular flexibility index (Phi) is 2.68. The molecule has 1 N–H and O–H groups in total. The van der Waals surface area contributed by atoms with E-state index in [1.807, 2.05) is 0 Å². The highest BCUT2D eigenvalue weighted by molar-refractivity contribution is 5.76. The summed E-state index contributed by atoms with van der Waals surface area (Å²) in [5, 5.41) is 8.63. The monoisotopic (exact) mass is 172 g/mol. The van der Waals surface area contributed by atoms with Crippen molar-refractivity contribution in [2.75, 3.05) is 7.11 Å². The van der Waals surface area contributed by atoms with Gasteiger partial charge in [0.25, 0.3) is 0 Å². The standard InChI is InChI=1S/C8H12O4/c1-12-8(11)6-3-2-5(4-6)7(9)10/h5-6H,2-4H2,1H3,(H,9,10)/t5-,6+/m1/s1. The van der Waals surface area contributed by atoms with Crippen LogP contribution in [0.2, 0.25) is 0 Å². The number of carboxylic acids is 1. The summed E-state index contributed by atoms with van der Waals surface area (Å²) in [7, 11) is 1.33. The van der Waals surface area contributed by atoms with E-state index in [0.29, 0.717) is 19.3 Å². The van der Waals surface area contributed by atoms with Crippen molar-refractivity contribution in [2.24, 2.45) is 11.8 Å². The lowest BCUT2D eigenvalue weighted by atomic mass is 10.1. The van der Waals surface area contributed by atoms with Crippen molar-refractivity contribution in [3.63, 3.8) is 0 Å². The Morgan fingerprint density at radius 2 is 1.92 bits per heavy atom. The van der Waals surface area contributed by atoms with E-state index in [1.54, 1.807) is 0 Å². The molecular weight excluding hydrogens is 160 g/mol. The topological polar surface area (TPSA) is 63.6 Å². The third-order valence-electron chi connectivity index (χ3n) is 2.32. The van der Waals surface area contributed by atoms with Crippen molar-refractivity contribution in [1.29, 1.82) is 0 Å². The lowest BCUT2D eigenvalue weighted by Gasteiger charge is -2.05. The molecule has 0 aliphatic heterocycles. The van der Waals surface area contributed by atoms with Crippen LogP contribution in [0.25, 0.3) is 0 Å². The van der Waals surface area contributed by atoms with Gasteiger partial charge in [-0.2, -0.15) is 0 Å². The first kappa shape index (κ1) is 9.03. The van der Waals surface area contributed by atoms with Crippen LogP contribution in [0.3, 0.4) is 0 Å². The Labute approximate surface area is 70.5 Å². The van der Waals surface area contributed by atoms with E-state index in [-0.39, 0.29) is 17.8 Å². The normalized spacial score (nSPS) is 28.4. The zero-order valence-electron chi connectivity index (χ0n) is 6.95. The third-order valence-corrected chi connectivity index (χ3v) is 2.32. The minimum Gasteiger partial charge on any atom is -0.481 e. The summed E-state index contributed by atoms with van der Waals surface area (Å²) in [6.07, 6.45) is 1.67. The van der Waals surface area contributed by atoms with Gasteiger partial charge >= 0.3 is 11.9 Å². The van der Waals surface area contributed by atoms with E-state index in [9.17, 15) is 9.59 Å². The van der Waals surface area contributed by atoms with Crippen LogP contribution in [0.1, 0.15) is 19.3 Å². The molecule has 0 radical (unpaired) electrons. The molecule has 0 unspecified atom stereocenters. The van der Waals surface area contributed by atoms with Crippen molar-refractivity contribution in [3.05, 3.63) is 0 Å². The maximum absolute atomic E-state index is 11.0. The molecule has 12 heavy (non-hydrogen) atoms. The molecule has 68 valence electrons. The molecule has 0 bridgehead atoms. The van der Waals surface area contributed by atoms with Crippen LogP contribution >= 0.6 is 0 Å². The number of hydrogen-bond acceptors (Lipinski definition) is 3. The number of aliphatic carboxylic acids is 1. The molecule has 1 aliphatic carbocycles. The fourth-order valence-corrected chi connectivity index (χ4v) is 1.59. The quantitative estimate of drug-likeness (QED) is 0.621. The van der Waals surface area contributed by atoms with Crippen molar-refractivity contribution in [3.8, 4) is 0 Å². The maximum atomic E-state index is 11.0. The largest absolute Gasteiger partial charge is 0.481 e. The highest BCUT2D eigenvalue weighted by Crippen LogP contribution is 2.31. The SMILES string of the molecule is COC(=O)[C@H]1CC[C@@H](C(=O)O)C1. The molecule has 0 heterocycles. The smallest absolute Gasteiger partial charge is 0.308 e. The van der Waals surface area contributed by atoms with Crippen LogP contribution in [0, 0.1) is 11.8 Å². The van der Waals surface area contributed by atoms with Crippen LogP contribution in [-0.4, -0.2) is 24.2 Å². The van der Waals surface area contributed by atoms with Crippen molar-refractivity contribution in [2.45, 2.75) is 19.3 Å². The molecular formula is C8H12O4. The molecule has 0 aromatic rings. The maximum Gasteiger partial charge on any atom is 0.308 e. The van der Waals surface area contributed by atoms with Crippen LogP contribution < -0.4 is 0 Å². The molecule has 0 amide bonds. The van der Waals surface area contributed by atoms with E-state index in [4.69, 9.17) is 5.11 Å². The van der Waals surface area contributed by atoms with Gasteiger partial charge in [0, 0.05) is 0 Å². The number of esters is 1. The number of ether oxygens (including phenoxy) is 1. The first-order chi connectivity index (χ1) is 5.65. The Balaban J connectivity index is 2.45. The number of carbonyl (C=O) groups is 2. The predicted octanol–water partition coefficient (Wildman–Crippen LogP) is 0.660. The minimum atomic E-state index is -0.804. The van der Waals surface area contributed by atoms with Gasteiger partial charge in [-0.3, -0.25) is 9.59 Å². The highest BCUT2D eigenvalue weighted by atomic mass is 16.5. The van der Waals surface area contributed by atoms with E-state index in [1.165, 1.54) is 7.11 Å². The van der Waals surface area contributed by atoms with Crippen LogP contribution in [0.5, 0.6) is 0 Å². The van der Waals surface area contributed by atoms with Crippen molar-refractivity contribution >= 4 is 11.9 Å². The minimum absolute atomic E-state index is 0.198. The van der Waals surface area contributed by atoms with Gasteiger partial charge in [-0.1, -0.05) is 0 Å². The summed E-state index contributed by atoms with van der Waals surface area (Å²) in [6, 6.07) is 0. The Morgan fingerprint density at radius 1 is 1.33 bits per heavy atom. The number of rotatable bonds is 2. The van der Waals surface area contributed by atoms with Gasteiger partial charge in [0.2, 0.25) is 0 Å². The molecule has 1 saturated carbocycles. The van der Waals surface area contributed by atoms with Gasteiger partial charge < -0.3 is 9.84 Å². The summed E-state index contributed by atoms with van der Waals surface area (Å²) in [4.78, 5) is 21.5. The summed E-state index contributed by atoms with van der Waals surface area (Å²) in [6.45, 7) is 0. The van der Waals surface area contributed by atoms with Crippen molar-refractivity contribution < 1.29 is 19.4 Å². The molecule has 0 aromatic carbocycles. The van der Waals surface area contributed by atoms with E-state index in [0.717, 1.165) is 0 Å². The lowest BCUT2D eigenvalue weighted by Crippen LogP contribution is -2.15. The van der Waals surface area contributed by atoms with Gasteiger partial charge in [-0.05, 0) is 19.3 Å². The van der Waals surface area contributed by atoms with Gasteiger partial charge in [0.15, 0.2) is 0 Å². The molecule has 0 aromatic heterocycles. The fourth-order valence-electron chi connectivity index (χ4n) is 1.59. The molecule has 1 fully saturated rings. The number of carbonyl (C=O) groups excluding carboxylic acids is 1. The molecule has 4 heteroatoms. The Morgan fingerprint density at radius 3 is 2.33 bits per heavy atom. The van der Waals surface area contributed by atoms with Gasteiger partial charge in [-0.25, -0.2) is 0 Å². The molecule has 1 rings (SSSR count). The average molecular weight is 172 g/mol. The zero-order chi connectivity index (χ0) is 9.14. The number of methoxy groups -OCH3 is 1. The zero-order valence-corrected chi connectivity index (χ0v) is 6.95. The molecule has 1 aliphatic rings. The molecule has 2 atom stereocenters. The van der Waals surface area contributed by atoms with Gasteiger partial charge in [0.05, 0.1) is 18.9 Å². The summed E-state index contributed by atoms with van der Waals surface area (Å²) >= 11 is 0. The molecule has 0 saturated heterocycles. The van der Waals surface area contributed by atoms with E-state index in [2.05, 4.69) is 4.74 Å². The Bertz CT molecular complexity index is 199. The van der Waals surface area contributed by atoms with Crippen LogP contribution in [0.15, 0.2) is 0 Å². The predicted molar refractivity (Wildman–Crippen MR) is 40.5 cm³/mol. The third kappa shape index (κ3) is 1.75. The highest BCUT2D eigenvalue weighted by Gasteiger charge is 2.34. The van der Waals surface area contributed by atoms with E-state index < -0.39 is 5.97 Å². The van der Waals surface area contributed by atoms with Crippen LogP contribution in [-0.2, 0) is 14.3 Å². The summed E-state index contributed by atoms with van der Waals surface area (Å²) in [5.41, 5.74) is 0.